The van der Waals surface area contributed by atoms with E-state index in [0.717, 1.165) is 0 Å². The lowest BCUT2D eigenvalue weighted by Gasteiger charge is -2.20. The average Bonchev–Trinajstić information content (AvgIpc) is 2.99. The third-order valence-corrected chi connectivity index (χ3v) is 3.05. The van der Waals surface area contributed by atoms with Gasteiger partial charge in [-0.05, 0) is 63.3 Å². The van der Waals surface area contributed by atoms with E-state index in [9.17, 15) is 9.59 Å². The van der Waals surface area contributed by atoms with Crippen molar-refractivity contribution in [3.05, 3.63) is 54.0 Å². The van der Waals surface area contributed by atoms with Gasteiger partial charge in [-0.2, -0.15) is 0 Å². The van der Waals surface area contributed by atoms with Crippen molar-refractivity contribution >= 4 is 34.8 Å². The second-order valence-electron chi connectivity index (χ2n) is 6.17. The lowest BCUT2D eigenvalue weighted by atomic mass is 10.1. The van der Waals surface area contributed by atoms with Gasteiger partial charge in [-0.1, -0.05) is 6.07 Å². The Morgan fingerprint density at radius 1 is 1.08 bits per heavy atom. The molecule has 0 aliphatic rings. The summed E-state index contributed by atoms with van der Waals surface area (Å²) in [6.07, 6.45) is 1.41. The predicted octanol–water partition coefficient (Wildman–Crippen LogP) is 2.93. The minimum Gasteiger partial charge on any atom is -0.459 e. The summed E-state index contributed by atoms with van der Waals surface area (Å²) in [6, 6.07) is 10.00. The van der Waals surface area contributed by atoms with Gasteiger partial charge >= 0.3 is 0 Å². The van der Waals surface area contributed by atoms with Crippen LogP contribution in [0.25, 0.3) is 0 Å². The van der Waals surface area contributed by atoms with E-state index < -0.39 is 5.91 Å². The van der Waals surface area contributed by atoms with E-state index in [1.807, 2.05) is 20.8 Å². The fourth-order valence-corrected chi connectivity index (χ4v) is 2.10. The Bertz CT molecular complexity index is 749. The Kier molecular flexibility index (Phi) is 5.35. The van der Waals surface area contributed by atoms with Crippen molar-refractivity contribution in [1.29, 1.82) is 0 Å². The largest absolute Gasteiger partial charge is 0.459 e. The third-order valence-electron chi connectivity index (χ3n) is 2.84. The van der Waals surface area contributed by atoms with Gasteiger partial charge in [0.05, 0.1) is 6.26 Å². The maximum Gasteiger partial charge on any atom is 0.293 e. The average molecular weight is 345 g/mol. The van der Waals surface area contributed by atoms with Crippen LogP contribution in [0, 0.1) is 0 Å². The normalized spacial score (nSPS) is 10.8. The van der Waals surface area contributed by atoms with Crippen LogP contribution in [0.1, 0.15) is 41.7 Å². The number of nitrogens with one attached hydrogen (secondary N) is 3. The Balaban J connectivity index is 2.00. The molecule has 0 bridgehead atoms. The second kappa shape index (κ2) is 7.27. The quantitative estimate of drug-likeness (QED) is 0.745. The first kappa shape index (κ1) is 17.7. The fourth-order valence-electron chi connectivity index (χ4n) is 1.89. The van der Waals surface area contributed by atoms with E-state index in [1.54, 1.807) is 30.3 Å². The number of amides is 2. The third kappa shape index (κ3) is 5.20. The smallest absolute Gasteiger partial charge is 0.293 e. The monoisotopic (exact) mass is 345 g/mol. The first-order valence-electron chi connectivity index (χ1n) is 7.33. The molecule has 0 spiro atoms. The van der Waals surface area contributed by atoms with Gasteiger partial charge in [-0.15, -0.1) is 0 Å². The Morgan fingerprint density at radius 2 is 1.83 bits per heavy atom. The molecule has 0 atom stereocenters. The van der Waals surface area contributed by atoms with E-state index in [0.29, 0.717) is 11.3 Å². The zero-order valence-corrected chi connectivity index (χ0v) is 14.5. The summed E-state index contributed by atoms with van der Waals surface area (Å²) >= 11 is 5.10. The van der Waals surface area contributed by atoms with E-state index >= 15 is 0 Å². The molecule has 0 aliphatic carbocycles. The molecule has 126 valence electrons. The van der Waals surface area contributed by atoms with Crippen LogP contribution in [0.3, 0.4) is 0 Å². The molecule has 1 heterocycles. The molecule has 2 aromatic rings. The van der Waals surface area contributed by atoms with Gasteiger partial charge in [0.1, 0.15) is 0 Å². The highest BCUT2D eigenvalue weighted by Crippen LogP contribution is 2.12. The van der Waals surface area contributed by atoms with Crippen LogP contribution < -0.4 is 16.0 Å². The fraction of sp³-hybridized carbons (Fsp3) is 0.235. The number of carbonyl (C=O) groups is 2. The topological polar surface area (TPSA) is 83.4 Å². The number of anilines is 1. The van der Waals surface area contributed by atoms with Gasteiger partial charge in [0.2, 0.25) is 0 Å². The number of rotatable bonds is 3. The summed E-state index contributed by atoms with van der Waals surface area (Å²) in [7, 11) is 0. The van der Waals surface area contributed by atoms with Gasteiger partial charge in [-0.3, -0.25) is 14.9 Å². The molecule has 0 fully saturated rings. The molecule has 24 heavy (non-hydrogen) atoms. The van der Waals surface area contributed by atoms with E-state index in [4.69, 9.17) is 16.6 Å². The maximum atomic E-state index is 12.2. The first-order valence-corrected chi connectivity index (χ1v) is 7.74. The maximum absolute atomic E-state index is 12.2. The molecule has 0 radical (unpaired) electrons. The van der Waals surface area contributed by atoms with Gasteiger partial charge in [0, 0.05) is 16.8 Å². The van der Waals surface area contributed by atoms with Crippen molar-refractivity contribution in [2.24, 2.45) is 0 Å². The molecule has 2 rings (SSSR count). The van der Waals surface area contributed by atoms with Crippen LogP contribution in [0.2, 0.25) is 0 Å². The molecule has 3 N–H and O–H groups in total. The van der Waals surface area contributed by atoms with Crippen molar-refractivity contribution < 1.29 is 14.0 Å². The zero-order valence-electron chi connectivity index (χ0n) is 13.7. The van der Waals surface area contributed by atoms with E-state index in [1.165, 1.54) is 12.3 Å². The molecule has 0 aliphatic heterocycles. The van der Waals surface area contributed by atoms with Crippen LogP contribution in [0.4, 0.5) is 5.69 Å². The van der Waals surface area contributed by atoms with Gasteiger partial charge in [-0.25, -0.2) is 0 Å². The van der Waals surface area contributed by atoms with Gasteiger partial charge in [0.25, 0.3) is 11.8 Å². The highest BCUT2D eigenvalue weighted by Gasteiger charge is 2.16. The van der Waals surface area contributed by atoms with Crippen molar-refractivity contribution in [2.75, 3.05) is 5.32 Å². The minimum absolute atomic E-state index is 0.116. The van der Waals surface area contributed by atoms with Crippen LogP contribution in [0.5, 0.6) is 0 Å². The zero-order chi connectivity index (χ0) is 17.7. The number of thiocarbonyl (C=S) groups is 1. The molecule has 0 unspecified atom stereocenters. The highest BCUT2D eigenvalue weighted by atomic mass is 32.1. The first-order chi connectivity index (χ1) is 11.2. The van der Waals surface area contributed by atoms with E-state index in [2.05, 4.69) is 16.0 Å². The summed E-state index contributed by atoms with van der Waals surface area (Å²) in [5.41, 5.74) is 0.767. The van der Waals surface area contributed by atoms with Crippen molar-refractivity contribution in [1.82, 2.24) is 10.6 Å². The molecule has 0 saturated heterocycles. The molecular weight excluding hydrogens is 326 g/mol. The lowest BCUT2D eigenvalue weighted by molar-refractivity contribution is 0.0917. The van der Waals surface area contributed by atoms with Crippen LogP contribution in [-0.2, 0) is 0 Å². The Morgan fingerprint density at radius 3 is 2.46 bits per heavy atom. The number of hydrogen-bond acceptors (Lipinski definition) is 4. The molecule has 1 aromatic heterocycles. The van der Waals surface area contributed by atoms with Gasteiger partial charge < -0.3 is 15.1 Å². The van der Waals surface area contributed by atoms with Crippen molar-refractivity contribution in [2.45, 2.75) is 26.3 Å². The molecule has 7 heteroatoms. The summed E-state index contributed by atoms with van der Waals surface area (Å²) in [5, 5.41) is 8.38. The van der Waals surface area contributed by atoms with E-state index in [-0.39, 0.29) is 22.3 Å². The lowest BCUT2D eigenvalue weighted by Crippen LogP contribution is -2.40. The molecule has 6 nitrogen and oxygen atoms in total. The van der Waals surface area contributed by atoms with Crippen LogP contribution >= 0.6 is 12.2 Å². The number of benzene rings is 1. The Hall–Kier alpha value is -2.67. The predicted molar refractivity (Wildman–Crippen MR) is 96.1 cm³/mol. The molecule has 0 saturated carbocycles. The van der Waals surface area contributed by atoms with Gasteiger partial charge in [0.15, 0.2) is 10.9 Å². The van der Waals surface area contributed by atoms with Crippen molar-refractivity contribution in [3.8, 4) is 0 Å². The second-order valence-corrected chi connectivity index (χ2v) is 6.58. The summed E-state index contributed by atoms with van der Waals surface area (Å²) in [5.74, 6) is -0.465. The molecular formula is C17H19N3O3S. The Labute approximate surface area is 145 Å². The highest BCUT2D eigenvalue weighted by molar-refractivity contribution is 7.80. The number of carbonyl (C=O) groups excluding carboxylic acids is 2. The number of furan rings is 1. The van der Waals surface area contributed by atoms with Crippen LogP contribution in [-0.4, -0.2) is 22.5 Å². The number of hydrogen-bond donors (Lipinski definition) is 3. The molecule has 1 aromatic carbocycles. The SMILES string of the molecule is CC(C)(C)NC(=O)c1cccc(NC(=S)NC(=O)c2ccco2)c1. The summed E-state index contributed by atoms with van der Waals surface area (Å²) < 4.78 is 4.99. The summed E-state index contributed by atoms with van der Waals surface area (Å²) in [4.78, 5) is 24.0. The standard InChI is InChI=1S/C17H19N3O3S/c1-17(2,3)20-14(21)11-6-4-7-12(10-11)18-16(24)19-15(22)13-8-5-9-23-13/h4-10H,1-3H3,(H,20,21)(H2,18,19,22,24). The van der Waals surface area contributed by atoms with Crippen molar-refractivity contribution in [3.63, 3.8) is 0 Å². The summed E-state index contributed by atoms with van der Waals surface area (Å²) in [6.45, 7) is 5.73. The van der Waals surface area contributed by atoms with Crippen LogP contribution in [0.15, 0.2) is 47.1 Å². The minimum atomic E-state index is -0.445. The molecule has 2 amide bonds.